The molecule has 0 radical (unpaired) electrons. The fourth-order valence-electron chi connectivity index (χ4n) is 0.784. The number of nitrogens with one attached hydrogen (secondary N) is 1. The molecule has 1 heterocycles. The van der Waals surface area contributed by atoms with Crippen molar-refractivity contribution in [1.29, 1.82) is 0 Å². The molecular weight excluding hydrogens is 150 g/mol. The first kappa shape index (κ1) is 8.07. The minimum absolute atomic E-state index is 0.0301. The minimum atomic E-state index is -0.612. The summed E-state index contributed by atoms with van der Waals surface area (Å²) in [7, 11) is 1.62. The van der Waals surface area contributed by atoms with E-state index >= 15 is 0 Å². The highest BCUT2D eigenvalue weighted by Gasteiger charge is 2.06. The van der Waals surface area contributed by atoms with Crippen LogP contribution in [0, 0.1) is 11.6 Å². The van der Waals surface area contributed by atoms with Gasteiger partial charge in [-0.25, -0.2) is 8.78 Å². The van der Waals surface area contributed by atoms with Crippen LogP contribution in [-0.4, -0.2) is 12.0 Å². The molecule has 2 nitrogen and oxygen atoms in total. The highest BCUT2D eigenvalue weighted by atomic mass is 19.1. The van der Waals surface area contributed by atoms with Gasteiger partial charge in [0.15, 0.2) is 0 Å². The van der Waals surface area contributed by atoms with Crippen LogP contribution in [0.4, 0.5) is 8.78 Å². The van der Waals surface area contributed by atoms with E-state index in [4.69, 9.17) is 0 Å². The Kier molecular flexibility index (Phi) is 2.48. The Morgan fingerprint density at radius 2 is 1.91 bits per heavy atom. The summed E-state index contributed by atoms with van der Waals surface area (Å²) in [4.78, 5) is 3.35. The SMILES string of the molecule is CNCc1c(F)cncc1F. The second-order valence-corrected chi connectivity index (χ2v) is 2.11. The number of pyridine rings is 1. The maximum absolute atomic E-state index is 12.7. The molecule has 4 heteroatoms. The van der Waals surface area contributed by atoms with Crippen molar-refractivity contribution < 1.29 is 8.78 Å². The minimum Gasteiger partial charge on any atom is -0.315 e. The van der Waals surface area contributed by atoms with Crippen LogP contribution < -0.4 is 5.32 Å². The van der Waals surface area contributed by atoms with Crippen molar-refractivity contribution in [3.8, 4) is 0 Å². The predicted molar refractivity (Wildman–Crippen MR) is 36.9 cm³/mol. The Hall–Kier alpha value is -1.03. The van der Waals surface area contributed by atoms with Gasteiger partial charge in [0.25, 0.3) is 0 Å². The van der Waals surface area contributed by atoms with Crippen molar-refractivity contribution >= 4 is 0 Å². The first-order chi connectivity index (χ1) is 5.25. The Morgan fingerprint density at radius 1 is 1.36 bits per heavy atom. The number of hydrogen-bond donors (Lipinski definition) is 1. The molecule has 1 aromatic heterocycles. The lowest BCUT2D eigenvalue weighted by molar-refractivity contribution is 0.537. The molecular formula is C7H8F2N2. The summed E-state index contributed by atoms with van der Waals surface area (Å²) in [6.45, 7) is 0.181. The number of aromatic nitrogens is 1. The lowest BCUT2D eigenvalue weighted by atomic mass is 10.2. The van der Waals surface area contributed by atoms with Gasteiger partial charge in [-0.1, -0.05) is 0 Å². The molecule has 0 saturated carbocycles. The fraction of sp³-hybridized carbons (Fsp3) is 0.286. The molecule has 0 bridgehead atoms. The second-order valence-electron chi connectivity index (χ2n) is 2.11. The molecule has 0 aliphatic rings. The maximum atomic E-state index is 12.7. The monoisotopic (exact) mass is 158 g/mol. The van der Waals surface area contributed by atoms with Gasteiger partial charge in [0.2, 0.25) is 0 Å². The van der Waals surface area contributed by atoms with E-state index in [1.165, 1.54) is 0 Å². The van der Waals surface area contributed by atoms with Gasteiger partial charge in [-0.15, -0.1) is 0 Å². The van der Waals surface area contributed by atoms with Gasteiger partial charge in [0.05, 0.1) is 12.4 Å². The van der Waals surface area contributed by atoms with Crippen molar-refractivity contribution in [2.24, 2.45) is 0 Å². The zero-order valence-electron chi connectivity index (χ0n) is 6.06. The molecule has 0 saturated heterocycles. The van der Waals surface area contributed by atoms with Crippen molar-refractivity contribution in [3.63, 3.8) is 0 Å². The molecule has 11 heavy (non-hydrogen) atoms. The molecule has 0 fully saturated rings. The van der Waals surface area contributed by atoms with Gasteiger partial charge in [0, 0.05) is 12.1 Å². The normalized spacial score (nSPS) is 10.1. The highest BCUT2D eigenvalue weighted by Crippen LogP contribution is 2.08. The molecule has 0 amide bonds. The standard InChI is InChI=1S/C7H8F2N2/c1-10-2-5-6(8)3-11-4-7(5)9/h3-4,10H,2H2,1H3. The third-order valence-corrected chi connectivity index (χ3v) is 1.31. The summed E-state index contributed by atoms with van der Waals surface area (Å²) in [6.07, 6.45) is 1.99. The van der Waals surface area contributed by atoms with Crippen LogP contribution in [0.3, 0.4) is 0 Å². The third-order valence-electron chi connectivity index (χ3n) is 1.31. The van der Waals surface area contributed by atoms with Gasteiger partial charge in [0.1, 0.15) is 11.6 Å². The van der Waals surface area contributed by atoms with Crippen LogP contribution in [0.15, 0.2) is 12.4 Å². The largest absolute Gasteiger partial charge is 0.315 e. The summed E-state index contributed by atoms with van der Waals surface area (Å²) in [5.41, 5.74) is 0.0301. The molecule has 0 aliphatic heterocycles. The van der Waals surface area contributed by atoms with E-state index in [1.807, 2.05) is 0 Å². The maximum Gasteiger partial charge on any atom is 0.148 e. The second kappa shape index (κ2) is 3.39. The van der Waals surface area contributed by atoms with Crippen molar-refractivity contribution in [2.75, 3.05) is 7.05 Å². The smallest absolute Gasteiger partial charge is 0.148 e. The summed E-state index contributed by atoms with van der Waals surface area (Å²) in [5, 5.41) is 2.66. The summed E-state index contributed by atoms with van der Waals surface area (Å²) in [5.74, 6) is -1.22. The fourth-order valence-corrected chi connectivity index (χ4v) is 0.784. The topological polar surface area (TPSA) is 24.9 Å². The third kappa shape index (κ3) is 1.71. The predicted octanol–water partition coefficient (Wildman–Crippen LogP) is 1.08. The molecule has 1 aromatic rings. The van der Waals surface area contributed by atoms with E-state index in [2.05, 4.69) is 10.3 Å². The Labute approximate surface area is 63.3 Å². The molecule has 0 aliphatic carbocycles. The Balaban J connectivity index is 3.00. The number of nitrogens with zero attached hydrogens (tertiary/aromatic N) is 1. The van der Waals surface area contributed by atoms with Crippen LogP contribution >= 0.6 is 0 Å². The Morgan fingerprint density at radius 3 is 2.36 bits per heavy atom. The first-order valence-corrected chi connectivity index (χ1v) is 3.18. The highest BCUT2D eigenvalue weighted by molar-refractivity contribution is 5.14. The van der Waals surface area contributed by atoms with E-state index < -0.39 is 11.6 Å². The molecule has 0 spiro atoms. The number of rotatable bonds is 2. The van der Waals surface area contributed by atoms with Gasteiger partial charge < -0.3 is 5.32 Å². The van der Waals surface area contributed by atoms with Crippen LogP contribution in [0.1, 0.15) is 5.56 Å². The van der Waals surface area contributed by atoms with Crippen LogP contribution in [0.5, 0.6) is 0 Å². The Bertz CT molecular complexity index is 230. The molecule has 60 valence electrons. The average molecular weight is 158 g/mol. The zero-order chi connectivity index (χ0) is 8.27. The number of hydrogen-bond acceptors (Lipinski definition) is 2. The molecule has 0 atom stereocenters. The van der Waals surface area contributed by atoms with E-state index in [-0.39, 0.29) is 12.1 Å². The summed E-state index contributed by atoms with van der Waals surface area (Å²) >= 11 is 0. The van der Waals surface area contributed by atoms with E-state index in [0.717, 1.165) is 12.4 Å². The van der Waals surface area contributed by atoms with Gasteiger partial charge in [-0.3, -0.25) is 4.98 Å². The van der Waals surface area contributed by atoms with E-state index in [0.29, 0.717) is 0 Å². The number of halogens is 2. The molecule has 1 N–H and O–H groups in total. The van der Waals surface area contributed by atoms with Crippen molar-refractivity contribution in [3.05, 3.63) is 29.6 Å². The van der Waals surface area contributed by atoms with Crippen molar-refractivity contribution in [1.82, 2.24) is 10.3 Å². The van der Waals surface area contributed by atoms with E-state index in [9.17, 15) is 8.78 Å². The van der Waals surface area contributed by atoms with E-state index in [1.54, 1.807) is 7.05 Å². The van der Waals surface area contributed by atoms with Crippen molar-refractivity contribution in [2.45, 2.75) is 6.54 Å². The molecule has 0 unspecified atom stereocenters. The zero-order valence-corrected chi connectivity index (χ0v) is 6.06. The van der Waals surface area contributed by atoms with Crippen LogP contribution in [0.25, 0.3) is 0 Å². The lowest BCUT2D eigenvalue weighted by Crippen LogP contribution is -2.09. The summed E-state index contributed by atoms with van der Waals surface area (Å²) < 4.78 is 25.4. The molecule has 0 aromatic carbocycles. The summed E-state index contributed by atoms with van der Waals surface area (Å²) in [6, 6.07) is 0. The quantitative estimate of drug-likeness (QED) is 0.696. The van der Waals surface area contributed by atoms with Gasteiger partial charge >= 0.3 is 0 Å². The average Bonchev–Trinajstić information content (AvgIpc) is 1.97. The van der Waals surface area contributed by atoms with Crippen LogP contribution in [0.2, 0.25) is 0 Å². The first-order valence-electron chi connectivity index (χ1n) is 3.18. The van der Waals surface area contributed by atoms with Gasteiger partial charge in [-0.2, -0.15) is 0 Å². The molecule has 1 rings (SSSR count). The lowest BCUT2D eigenvalue weighted by Gasteiger charge is -2.01. The van der Waals surface area contributed by atoms with Gasteiger partial charge in [-0.05, 0) is 7.05 Å². The van der Waals surface area contributed by atoms with Crippen LogP contribution in [-0.2, 0) is 6.54 Å².